The van der Waals surface area contributed by atoms with Gasteiger partial charge in [0, 0.05) is 12.6 Å². The Morgan fingerprint density at radius 2 is 2.30 bits per heavy atom. The molecule has 1 fully saturated rings. The Labute approximate surface area is 134 Å². The van der Waals surface area contributed by atoms with Gasteiger partial charge in [-0.05, 0) is 37.5 Å². The molecule has 23 heavy (non-hydrogen) atoms. The fourth-order valence-corrected chi connectivity index (χ4v) is 3.00. The van der Waals surface area contributed by atoms with E-state index < -0.39 is 5.82 Å². The van der Waals surface area contributed by atoms with Crippen LogP contribution in [0.1, 0.15) is 35.9 Å². The van der Waals surface area contributed by atoms with E-state index in [1.165, 1.54) is 13.2 Å². The average molecular weight is 318 g/mol. The van der Waals surface area contributed by atoms with Crippen molar-refractivity contribution in [3.63, 3.8) is 0 Å². The molecule has 1 amide bonds. The summed E-state index contributed by atoms with van der Waals surface area (Å²) in [6.45, 7) is 2.54. The number of carbonyl (C=O) groups excluding carboxylic acids is 1. The molecule has 0 spiro atoms. The van der Waals surface area contributed by atoms with Crippen LogP contribution >= 0.6 is 0 Å². The zero-order chi connectivity index (χ0) is 16.4. The number of halogens is 1. The van der Waals surface area contributed by atoms with Crippen molar-refractivity contribution >= 4 is 5.91 Å². The van der Waals surface area contributed by atoms with Crippen molar-refractivity contribution in [2.45, 2.75) is 32.2 Å². The molecule has 122 valence electrons. The van der Waals surface area contributed by atoms with Gasteiger partial charge in [0.1, 0.15) is 0 Å². The molecule has 1 atom stereocenters. The van der Waals surface area contributed by atoms with E-state index in [9.17, 15) is 9.18 Å². The minimum Gasteiger partial charge on any atom is -0.494 e. The number of aromatic nitrogens is 1. The number of hydrogen-bond donors (Lipinski definition) is 0. The Morgan fingerprint density at radius 3 is 2.96 bits per heavy atom. The summed E-state index contributed by atoms with van der Waals surface area (Å²) in [4.78, 5) is 14.4. The van der Waals surface area contributed by atoms with Crippen molar-refractivity contribution in [2.75, 3.05) is 13.7 Å². The third-order valence-corrected chi connectivity index (χ3v) is 4.12. The van der Waals surface area contributed by atoms with Gasteiger partial charge in [-0.15, -0.1) is 0 Å². The first-order chi connectivity index (χ1) is 11.1. The van der Waals surface area contributed by atoms with Crippen molar-refractivity contribution < 1.29 is 18.4 Å². The van der Waals surface area contributed by atoms with E-state index in [2.05, 4.69) is 5.16 Å². The van der Waals surface area contributed by atoms with Crippen LogP contribution < -0.4 is 4.74 Å². The number of hydrogen-bond acceptors (Lipinski definition) is 4. The van der Waals surface area contributed by atoms with Gasteiger partial charge in [-0.25, -0.2) is 4.39 Å². The van der Waals surface area contributed by atoms with Crippen LogP contribution in [0.2, 0.25) is 0 Å². The number of likely N-dealkylation sites (tertiary alicyclic amines) is 1. The first-order valence-corrected chi connectivity index (χ1v) is 7.63. The molecule has 0 N–H and O–H groups in total. The Balaban J connectivity index is 1.73. The van der Waals surface area contributed by atoms with Gasteiger partial charge in [-0.2, -0.15) is 0 Å². The number of amides is 1. The standard InChI is InChI=1S/C17H19FN2O3/c1-11-8-16(23-19-11)14-4-3-7-20(14)17(21)10-12-5-6-15(22-2)13(18)9-12/h5-6,8-9,14H,3-4,7,10H2,1-2H3. The summed E-state index contributed by atoms with van der Waals surface area (Å²) in [5.74, 6) is 0.402. The highest BCUT2D eigenvalue weighted by molar-refractivity contribution is 5.79. The molecule has 1 saturated heterocycles. The molecular formula is C17H19FN2O3. The minimum atomic E-state index is -0.457. The zero-order valence-corrected chi connectivity index (χ0v) is 13.2. The summed E-state index contributed by atoms with van der Waals surface area (Å²) in [5, 5.41) is 3.89. The van der Waals surface area contributed by atoms with E-state index in [4.69, 9.17) is 9.26 Å². The first-order valence-electron chi connectivity index (χ1n) is 7.63. The predicted octanol–water partition coefficient (Wildman–Crippen LogP) is 3.04. The Kier molecular flexibility index (Phi) is 4.32. The van der Waals surface area contributed by atoms with Crippen LogP contribution in [0.15, 0.2) is 28.8 Å². The van der Waals surface area contributed by atoms with Crippen molar-refractivity contribution in [1.82, 2.24) is 10.1 Å². The molecule has 5 nitrogen and oxygen atoms in total. The minimum absolute atomic E-state index is 0.0360. The van der Waals surface area contributed by atoms with Crippen LogP contribution in [0.5, 0.6) is 5.75 Å². The van der Waals surface area contributed by atoms with Crippen LogP contribution in [0, 0.1) is 12.7 Å². The summed E-state index contributed by atoms with van der Waals surface area (Å²) in [5.41, 5.74) is 1.43. The molecule has 1 aromatic heterocycles. The lowest BCUT2D eigenvalue weighted by Gasteiger charge is -2.22. The summed E-state index contributed by atoms with van der Waals surface area (Å²) in [6.07, 6.45) is 1.94. The van der Waals surface area contributed by atoms with Gasteiger partial charge in [0.2, 0.25) is 5.91 Å². The highest BCUT2D eigenvalue weighted by atomic mass is 19.1. The second-order valence-corrected chi connectivity index (χ2v) is 5.76. The van der Waals surface area contributed by atoms with Gasteiger partial charge in [0.15, 0.2) is 17.3 Å². The van der Waals surface area contributed by atoms with Gasteiger partial charge in [0.25, 0.3) is 0 Å². The van der Waals surface area contributed by atoms with Crippen molar-refractivity contribution in [3.05, 3.63) is 47.1 Å². The number of carbonyl (C=O) groups is 1. The Bertz CT molecular complexity index is 714. The molecule has 2 heterocycles. The molecule has 0 radical (unpaired) electrons. The zero-order valence-electron chi connectivity index (χ0n) is 13.2. The number of ether oxygens (including phenoxy) is 1. The van der Waals surface area contributed by atoms with E-state index >= 15 is 0 Å². The summed E-state index contributed by atoms with van der Waals surface area (Å²) < 4.78 is 23.9. The van der Waals surface area contributed by atoms with Gasteiger partial charge < -0.3 is 14.2 Å². The summed E-state index contributed by atoms with van der Waals surface area (Å²) >= 11 is 0. The predicted molar refractivity (Wildman–Crippen MR) is 81.6 cm³/mol. The lowest BCUT2D eigenvalue weighted by Crippen LogP contribution is -2.31. The van der Waals surface area contributed by atoms with Crippen LogP contribution in [-0.4, -0.2) is 29.6 Å². The lowest BCUT2D eigenvalue weighted by atomic mass is 10.1. The molecular weight excluding hydrogens is 299 g/mol. The SMILES string of the molecule is COc1ccc(CC(=O)N2CCCC2c2cc(C)no2)cc1F. The Hall–Kier alpha value is -2.37. The molecule has 1 aliphatic heterocycles. The number of aryl methyl sites for hydroxylation is 1. The van der Waals surface area contributed by atoms with E-state index in [1.54, 1.807) is 17.0 Å². The molecule has 2 aromatic rings. The second-order valence-electron chi connectivity index (χ2n) is 5.76. The van der Waals surface area contributed by atoms with Crippen LogP contribution in [0.4, 0.5) is 4.39 Å². The Morgan fingerprint density at radius 1 is 1.48 bits per heavy atom. The van der Waals surface area contributed by atoms with E-state index in [0.29, 0.717) is 17.9 Å². The number of benzene rings is 1. The average Bonchev–Trinajstić information content (AvgIpc) is 3.15. The smallest absolute Gasteiger partial charge is 0.227 e. The van der Waals surface area contributed by atoms with Gasteiger partial charge in [0.05, 0.1) is 25.3 Å². The molecule has 0 saturated carbocycles. The lowest BCUT2D eigenvalue weighted by molar-refractivity contribution is -0.131. The van der Waals surface area contributed by atoms with Crippen LogP contribution in [0.3, 0.4) is 0 Å². The van der Waals surface area contributed by atoms with E-state index in [1.807, 2.05) is 13.0 Å². The van der Waals surface area contributed by atoms with Crippen LogP contribution in [0.25, 0.3) is 0 Å². The van der Waals surface area contributed by atoms with Gasteiger partial charge >= 0.3 is 0 Å². The number of nitrogens with zero attached hydrogens (tertiary/aromatic N) is 2. The normalized spacial score (nSPS) is 17.5. The molecule has 1 aromatic carbocycles. The third kappa shape index (κ3) is 3.21. The molecule has 1 unspecified atom stereocenters. The maximum atomic E-state index is 13.7. The van der Waals surface area contributed by atoms with E-state index in [-0.39, 0.29) is 24.1 Å². The van der Waals surface area contributed by atoms with Crippen molar-refractivity contribution in [1.29, 1.82) is 0 Å². The summed E-state index contributed by atoms with van der Waals surface area (Å²) in [6, 6.07) is 6.39. The quantitative estimate of drug-likeness (QED) is 0.869. The van der Waals surface area contributed by atoms with E-state index in [0.717, 1.165) is 18.5 Å². The largest absolute Gasteiger partial charge is 0.494 e. The molecule has 3 rings (SSSR count). The fourth-order valence-electron chi connectivity index (χ4n) is 3.00. The summed E-state index contributed by atoms with van der Waals surface area (Å²) in [7, 11) is 1.41. The molecule has 6 heteroatoms. The first kappa shape index (κ1) is 15.5. The fraction of sp³-hybridized carbons (Fsp3) is 0.412. The monoisotopic (exact) mass is 318 g/mol. The number of rotatable bonds is 4. The van der Waals surface area contributed by atoms with Crippen LogP contribution in [-0.2, 0) is 11.2 Å². The van der Waals surface area contributed by atoms with Gasteiger partial charge in [-0.1, -0.05) is 11.2 Å². The third-order valence-electron chi connectivity index (χ3n) is 4.12. The van der Waals surface area contributed by atoms with Gasteiger partial charge in [-0.3, -0.25) is 4.79 Å². The van der Waals surface area contributed by atoms with Crippen molar-refractivity contribution in [2.24, 2.45) is 0 Å². The van der Waals surface area contributed by atoms with Crippen molar-refractivity contribution in [3.8, 4) is 5.75 Å². The topological polar surface area (TPSA) is 55.6 Å². The second kappa shape index (κ2) is 6.40. The number of methoxy groups -OCH3 is 1. The molecule has 1 aliphatic rings. The maximum absolute atomic E-state index is 13.7. The maximum Gasteiger partial charge on any atom is 0.227 e. The highest BCUT2D eigenvalue weighted by Crippen LogP contribution is 2.32. The molecule has 0 bridgehead atoms. The highest BCUT2D eigenvalue weighted by Gasteiger charge is 2.32. The molecule has 0 aliphatic carbocycles.